The Labute approximate surface area is 110 Å². The fraction of sp³-hybridized carbons (Fsp3) is 0.538. The maximum Gasteiger partial charge on any atom is 0.338 e. The molecule has 0 radical (unpaired) electrons. The number of carbonyl (C=O) groups excluding carboxylic acids is 1. The van der Waals surface area contributed by atoms with Crippen molar-refractivity contribution in [3.05, 3.63) is 23.7 Å². The van der Waals surface area contributed by atoms with Crippen LogP contribution in [-0.2, 0) is 4.74 Å². The second-order valence-corrected chi connectivity index (χ2v) is 5.11. The Morgan fingerprint density at radius 1 is 1.42 bits per heavy atom. The van der Waals surface area contributed by atoms with Crippen LogP contribution in [0, 0.1) is 5.41 Å². The van der Waals surface area contributed by atoms with Crippen molar-refractivity contribution in [3.63, 3.8) is 0 Å². The Morgan fingerprint density at radius 3 is 2.68 bits per heavy atom. The molecule has 2 rings (SSSR count). The van der Waals surface area contributed by atoms with Gasteiger partial charge < -0.3 is 19.6 Å². The maximum atomic E-state index is 11.8. The van der Waals surface area contributed by atoms with Crippen LogP contribution < -0.4 is 5.32 Å². The van der Waals surface area contributed by atoms with Crippen LogP contribution in [0.5, 0.6) is 0 Å². The van der Waals surface area contributed by atoms with E-state index in [9.17, 15) is 9.59 Å². The molecule has 0 spiro atoms. The van der Waals surface area contributed by atoms with Gasteiger partial charge in [0.15, 0.2) is 5.76 Å². The zero-order chi connectivity index (χ0) is 13.9. The van der Waals surface area contributed by atoms with E-state index in [1.807, 2.05) is 0 Å². The molecule has 6 nitrogen and oxygen atoms in total. The van der Waals surface area contributed by atoms with Crippen molar-refractivity contribution in [2.45, 2.75) is 19.8 Å². The van der Waals surface area contributed by atoms with Gasteiger partial charge in [-0.3, -0.25) is 4.79 Å². The normalized spacial score (nSPS) is 17.9. The number of nitrogens with one attached hydrogen (secondary N) is 1. The molecule has 0 saturated carbocycles. The zero-order valence-corrected chi connectivity index (χ0v) is 10.8. The summed E-state index contributed by atoms with van der Waals surface area (Å²) in [4.78, 5) is 22.5. The van der Waals surface area contributed by atoms with E-state index in [1.54, 1.807) is 0 Å². The Balaban J connectivity index is 1.91. The summed E-state index contributed by atoms with van der Waals surface area (Å²) in [5.74, 6) is -1.48. The highest BCUT2D eigenvalue weighted by Crippen LogP contribution is 2.28. The van der Waals surface area contributed by atoms with Gasteiger partial charge >= 0.3 is 5.97 Å². The first-order chi connectivity index (χ1) is 9.00. The van der Waals surface area contributed by atoms with Crippen molar-refractivity contribution in [2.75, 3.05) is 19.8 Å². The van der Waals surface area contributed by atoms with Gasteiger partial charge in [-0.25, -0.2) is 4.79 Å². The molecule has 0 aromatic carbocycles. The van der Waals surface area contributed by atoms with Crippen LogP contribution in [0.3, 0.4) is 0 Å². The lowest BCUT2D eigenvalue weighted by atomic mass is 9.82. The highest BCUT2D eigenvalue weighted by Gasteiger charge is 2.28. The second kappa shape index (κ2) is 5.44. The molecule has 1 aromatic rings. The molecule has 0 atom stereocenters. The third-order valence-corrected chi connectivity index (χ3v) is 3.45. The third kappa shape index (κ3) is 3.35. The van der Waals surface area contributed by atoms with E-state index in [0.29, 0.717) is 19.8 Å². The van der Waals surface area contributed by atoms with Gasteiger partial charge in [0.05, 0.1) is 5.56 Å². The van der Waals surface area contributed by atoms with Crippen LogP contribution in [0.2, 0.25) is 0 Å². The summed E-state index contributed by atoms with van der Waals surface area (Å²) in [5, 5.41) is 11.5. The van der Waals surface area contributed by atoms with Gasteiger partial charge in [0.25, 0.3) is 5.91 Å². The number of ether oxygens (including phenoxy) is 1. The van der Waals surface area contributed by atoms with Gasteiger partial charge in [-0.05, 0) is 18.3 Å². The summed E-state index contributed by atoms with van der Waals surface area (Å²) in [7, 11) is 0. The van der Waals surface area contributed by atoms with Crippen molar-refractivity contribution in [1.29, 1.82) is 0 Å². The van der Waals surface area contributed by atoms with Gasteiger partial charge in [-0.2, -0.15) is 0 Å². The summed E-state index contributed by atoms with van der Waals surface area (Å²) in [6.45, 7) is 4.03. The topological polar surface area (TPSA) is 88.8 Å². The molecule has 6 heteroatoms. The van der Waals surface area contributed by atoms with Gasteiger partial charge in [-0.1, -0.05) is 6.92 Å². The van der Waals surface area contributed by atoms with Crippen molar-refractivity contribution < 1.29 is 23.8 Å². The fourth-order valence-corrected chi connectivity index (χ4v) is 1.99. The lowest BCUT2D eigenvalue weighted by Crippen LogP contribution is -2.39. The largest absolute Gasteiger partial charge is 0.478 e. The minimum atomic E-state index is -1.11. The van der Waals surface area contributed by atoms with E-state index < -0.39 is 5.97 Å². The number of amides is 1. The molecule has 2 N–H and O–H groups in total. The molecular weight excluding hydrogens is 250 g/mol. The number of rotatable bonds is 4. The van der Waals surface area contributed by atoms with E-state index in [-0.39, 0.29) is 22.6 Å². The van der Waals surface area contributed by atoms with Gasteiger partial charge in [0.2, 0.25) is 0 Å². The average molecular weight is 267 g/mol. The van der Waals surface area contributed by atoms with Crippen molar-refractivity contribution in [1.82, 2.24) is 5.32 Å². The number of hydrogen-bond acceptors (Lipinski definition) is 4. The Kier molecular flexibility index (Phi) is 3.90. The first-order valence-electron chi connectivity index (χ1n) is 6.18. The SMILES string of the molecule is CC1(CNC(=O)c2cc(C(=O)O)co2)CCOCC1. The molecule has 1 aromatic heterocycles. The predicted octanol–water partition coefficient (Wildman–Crippen LogP) is 1.52. The Hall–Kier alpha value is -1.82. The van der Waals surface area contributed by atoms with Gasteiger partial charge in [0, 0.05) is 25.8 Å². The minimum absolute atomic E-state index is 0.0214. The highest BCUT2D eigenvalue weighted by molar-refractivity contribution is 5.95. The second-order valence-electron chi connectivity index (χ2n) is 5.11. The number of carboxylic acids is 1. The summed E-state index contributed by atoms with van der Waals surface area (Å²) >= 11 is 0. The number of hydrogen-bond donors (Lipinski definition) is 2. The highest BCUT2D eigenvalue weighted by atomic mass is 16.5. The molecular formula is C13H17NO5. The van der Waals surface area contributed by atoms with Crippen molar-refractivity contribution in [2.24, 2.45) is 5.41 Å². The number of carboxylic acid groups (broad SMARTS) is 1. The standard InChI is InChI=1S/C13H17NO5/c1-13(2-4-18-5-3-13)8-14-11(15)10-6-9(7-19-10)12(16)17/h6-7H,2-5,8H2,1H3,(H,14,15)(H,16,17). The molecule has 0 unspecified atom stereocenters. The molecule has 104 valence electrons. The van der Waals surface area contributed by atoms with Gasteiger partial charge in [-0.15, -0.1) is 0 Å². The number of aromatic carboxylic acids is 1. The van der Waals surface area contributed by atoms with Crippen LogP contribution in [0.1, 0.15) is 40.7 Å². The van der Waals surface area contributed by atoms with E-state index >= 15 is 0 Å². The minimum Gasteiger partial charge on any atom is -0.478 e. The zero-order valence-electron chi connectivity index (χ0n) is 10.8. The molecule has 0 aliphatic carbocycles. The Bertz CT molecular complexity index is 473. The van der Waals surface area contributed by atoms with E-state index in [4.69, 9.17) is 14.3 Å². The van der Waals surface area contributed by atoms with E-state index in [1.165, 1.54) is 6.07 Å². The lowest BCUT2D eigenvalue weighted by molar-refractivity contribution is 0.0237. The van der Waals surface area contributed by atoms with Crippen LogP contribution >= 0.6 is 0 Å². The first kappa shape index (κ1) is 13.6. The van der Waals surface area contributed by atoms with Crippen molar-refractivity contribution in [3.8, 4) is 0 Å². The smallest absolute Gasteiger partial charge is 0.338 e. The first-order valence-corrected chi connectivity index (χ1v) is 6.18. The molecule has 1 saturated heterocycles. The molecule has 19 heavy (non-hydrogen) atoms. The quantitative estimate of drug-likeness (QED) is 0.863. The lowest BCUT2D eigenvalue weighted by Gasteiger charge is -2.33. The van der Waals surface area contributed by atoms with Crippen LogP contribution in [-0.4, -0.2) is 36.7 Å². The monoisotopic (exact) mass is 267 g/mol. The van der Waals surface area contributed by atoms with E-state index in [2.05, 4.69) is 12.2 Å². The molecule has 1 amide bonds. The van der Waals surface area contributed by atoms with Crippen LogP contribution in [0.25, 0.3) is 0 Å². The summed E-state index contributed by atoms with van der Waals surface area (Å²) in [6, 6.07) is 1.23. The molecule has 0 bridgehead atoms. The molecule has 1 aliphatic rings. The van der Waals surface area contributed by atoms with Crippen molar-refractivity contribution >= 4 is 11.9 Å². The maximum absolute atomic E-state index is 11.8. The van der Waals surface area contributed by atoms with Gasteiger partial charge in [0.1, 0.15) is 6.26 Å². The summed E-state index contributed by atoms with van der Waals surface area (Å²) in [5.41, 5.74) is -0.00159. The number of carbonyl (C=O) groups is 2. The number of furan rings is 1. The predicted molar refractivity (Wildman–Crippen MR) is 66.2 cm³/mol. The fourth-order valence-electron chi connectivity index (χ4n) is 1.99. The third-order valence-electron chi connectivity index (χ3n) is 3.45. The molecule has 1 fully saturated rings. The molecule has 2 heterocycles. The van der Waals surface area contributed by atoms with Crippen LogP contribution in [0.4, 0.5) is 0 Å². The summed E-state index contributed by atoms with van der Waals surface area (Å²) in [6.07, 6.45) is 2.85. The summed E-state index contributed by atoms with van der Waals surface area (Å²) < 4.78 is 10.2. The van der Waals surface area contributed by atoms with Crippen LogP contribution in [0.15, 0.2) is 16.7 Å². The Morgan fingerprint density at radius 2 is 2.11 bits per heavy atom. The van der Waals surface area contributed by atoms with E-state index in [0.717, 1.165) is 19.1 Å². The molecule has 1 aliphatic heterocycles. The average Bonchev–Trinajstić information content (AvgIpc) is 2.87.